The van der Waals surface area contributed by atoms with E-state index in [1.165, 1.54) is 0 Å². The highest BCUT2D eigenvalue weighted by Gasteiger charge is 2.29. The van der Waals surface area contributed by atoms with Crippen LogP contribution in [0.3, 0.4) is 0 Å². The van der Waals surface area contributed by atoms with Crippen molar-refractivity contribution in [2.75, 3.05) is 38.1 Å². The van der Waals surface area contributed by atoms with Crippen molar-refractivity contribution in [1.29, 1.82) is 0 Å². The van der Waals surface area contributed by atoms with E-state index in [1.807, 2.05) is 13.8 Å². The molecule has 0 saturated carbocycles. The van der Waals surface area contributed by atoms with Crippen molar-refractivity contribution in [2.24, 2.45) is 0 Å². The third kappa shape index (κ3) is 5.69. The highest BCUT2D eigenvalue weighted by Crippen LogP contribution is 2.21. The van der Waals surface area contributed by atoms with Crippen molar-refractivity contribution >= 4 is 35.2 Å². The number of ether oxygens (including phenoxy) is 1. The molecule has 0 radical (unpaired) electrons. The zero-order valence-corrected chi connectivity index (χ0v) is 21.1. The molecule has 0 bridgehead atoms. The van der Waals surface area contributed by atoms with Crippen molar-refractivity contribution in [3.8, 4) is 0 Å². The second-order valence-corrected chi connectivity index (χ2v) is 8.68. The summed E-state index contributed by atoms with van der Waals surface area (Å²) in [6.45, 7) is 11.5. The Balaban J connectivity index is 1.55. The van der Waals surface area contributed by atoms with Gasteiger partial charge in [-0.2, -0.15) is 10.2 Å². The molecule has 3 amide bonds. The first-order valence-corrected chi connectivity index (χ1v) is 11.8. The van der Waals surface area contributed by atoms with Gasteiger partial charge in [-0.3, -0.25) is 19.0 Å². The van der Waals surface area contributed by atoms with Crippen molar-refractivity contribution < 1.29 is 19.1 Å². The number of halogens is 1. The maximum atomic E-state index is 13.0. The maximum Gasteiger partial charge on any atom is 0.409 e. The molecule has 12 heteroatoms. The number of aryl methyl sites for hydroxylation is 3. The van der Waals surface area contributed by atoms with Crippen LogP contribution in [0.5, 0.6) is 0 Å². The number of nitrogens with zero attached hydrogens (tertiary/aromatic N) is 6. The van der Waals surface area contributed by atoms with Gasteiger partial charge in [0.25, 0.3) is 0 Å². The summed E-state index contributed by atoms with van der Waals surface area (Å²) in [6, 6.07) is -0.546. The molecule has 1 unspecified atom stereocenters. The molecule has 1 fully saturated rings. The van der Waals surface area contributed by atoms with Gasteiger partial charge in [-0.05, 0) is 34.6 Å². The third-order valence-corrected chi connectivity index (χ3v) is 6.45. The molecule has 2 aromatic heterocycles. The highest BCUT2D eigenvalue weighted by atomic mass is 35.5. The fraction of sp³-hybridized carbons (Fsp3) is 0.591. The van der Waals surface area contributed by atoms with Crippen LogP contribution in [0.25, 0.3) is 0 Å². The second kappa shape index (κ2) is 10.9. The van der Waals surface area contributed by atoms with E-state index in [-0.39, 0.29) is 24.3 Å². The van der Waals surface area contributed by atoms with E-state index in [4.69, 9.17) is 16.3 Å². The van der Waals surface area contributed by atoms with Gasteiger partial charge in [0.05, 0.1) is 40.9 Å². The molecular formula is C22H32ClN7O4. The van der Waals surface area contributed by atoms with E-state index in [2.05, 4.69) is 15.5 Å². The Morgan fingerprint density at radius 2 is 1.74 bits per heavy atom. The Morgan fingerprint density at radius 1 is 1.09 bits per heavy atom. The van der Waals surface area contributed by atoms with E-state index in [0.29, 0.717) is 55.7 Å². The number of aromatic nitrogens is 4. The van der Waals surface area contributed by atoms with Crippen LogP contribution in [-0.2, 0) is 20.9 Å². The van der Waals surface area contributed by atoms with Crippen LogP contribution < -0.4 is 5.32 Å². The normalized spacial score (nSPS) is 14.8. The number of anilines is 1. The summed E-state index contributed by atoms with van der Waals surface area (Å²) >= 11 is 6.16. The van der Waals surface area contributed by atoms with E-state index in [9.17, 15) is 14.4 Å². The number of nitrogens with one attached hydrogen (secondary N) is 1. The molecule has 11 nitrogen and oxygen atoms in total. The minimum Gasteiger partial charge on any atom is -0.450 e. The summed E-state index contributed by atoms with van der Waals surface area (Å²) in [5, 5.41) is 12.2. The molecule has 3 rings (SSSR count). The van der Waals surface area contributed by atoms with Crippen LogP contribution >= 0.6 is 11.6 Å². The van der Waals surface area contributed by atoms with Gasteiger partial charge in [-0.1, -0.05) is 11.6 Å². The lowest BCUT2D eigenvalue weighted by molar-refractivity contribution is -0.136. The fourth-order valence-corrected chi connectivity index (χ4v) is 3.95. The van der Waals surface area contributed by atoms with E-state index in [1.54, 1.807) is 46.1 Å². The lowest BCUT2D eigenvalue weighted by Crippen LogP contribution is -2.52. The number of amides is 3. The van der Waals surface area contributed by atoms with Crippen LogP contribution in [0.15, 0.2) is 6.20 Å². The molecule has 1 saturated heterocycles. The van der Waals surface area contributed by atoms with Crippen LogP contribution in [0.4, 0.5) is 10.5 Å². The van der Waals surface area contributed by atoms with Crippen molar-refractivity contribution in [3.63, 3.8) is 0 Å². The predicted molar refractivity (Wildman–Crippen MR) is 127 cm³/mol. The Kier molecular flexibility index (Phi) is 8.19. The number of carbonyl (C=O) groups is 3. The third-order valence-electron chi connectivity index (χ3n) is 5.91. The van der Waals surface area contributed by atoms with Crippen LogP contribution in [0.2, 0.25) is 5.02 Å². The van der Waals surface area contributed by atoms with Crippen LogP contribution in [-0.4, -0.2) is 80.1 Å². The molecule has 1 atom stereocenters. The Morgan fingerprint density at radius 3 is 2.32 bits per heavy atom. The molecule has 1 N–H and O–H groups in total. The molecule has 0 aromatic carbocycles. The van der Waals surface area contributed by atoms with E-state index < -0.39 is 6.04 Å². The summed E-state index contributed by atoms with van der Waals surface area (Å²) in [6.07, 6.45) is 1.54. The summed E-state index contributed by atoms with van der Waals surface area (Å²) in [5.41, 5.74) is 2.74. The SMILES string of the molecule is CCOC(=O)N1CCN(C(=O)C(C)n2cc(NC(=O)CCn3nc(C)c(Cl)c3C)c(C)n2)CC1. The molecule has 34 heavy (non-hydrogen) atoms. The number of rotatable bonds is 7. The number of hydrogen-bond acceptors (Lipinski definition) is 6. The first-order chi connectivity index (χ1) is 16.1. The molecular weight excluding hydrogens is 462 g/mol. The maximum absolute atomic E-state index is 13.0. The molecule has 1 aliphatic heterocycles. The Bertz CT molecular complexity index is 1060. The standard InChI is InChI=1S/C22H32ClN7O4/c1-6-34-22(33)28-11-9-27(10-12-28)21(32)17(5)30-13-18(14(2)25-30)24-19(31)7-8-29-16(4)20(23)15(3)26-29/h13,17H,6-12H2,1-5H3,(H,24,31). The van der Waals surface area contributed by atoms with Gasteiger partial charge in [0.15, 0.2) is 0 Å². The molecule has 2 aromatic rings. The first kappa shape index (κ1) is 25.5. The Labute approximate surface area is 204 Å². The van der Waals surface area contributed by atoms with Crippen LogP contribution in [0, 0.1) is 20.8 Å². The van der Waals surface area contributed by atoms with Crippen molar-refractivity contribution in [3.05, 3.63) is 28.3 Å². The minimum atomic E-state index is -0.546. The van der Waals surface area contributed by atoms with Gasteiger partial charge in [-0.25, -0.2) is 4.79 Å². The predicted octanol–water partition coefficient (Wildman–Crippen LogP) is 2.55. The summed E-state index contributed by atoms with van der Waals surface area (Å²) in [4.78, 5) is 40.7. The zero-order chi connectivity index (χ0) is 25.0. The summed E-state index contributed by atoms with van der Waals surface area (Å²) in [7, 11) is 0. The van der Waals surface area contributed by atoms with E-state index in [0.717, 1.165) is 11.4 Å². The van der Waals surface area contributed by atoms with Gasteiger partial charge in [0.1, 0.15) is 6.04 Å². The second-order valence-electron chi connectivity index (χ2n) is 8.30. The largest absolute Gasteiger partial charge is 0.450 e. The van der Waals surface area contributed by atoms with Gasteiger partial charge in [-0.15, -0.1) is 0 Å². The molecule has 186 valence electrons. The molecule has 0 spiro atoms. The average Bonchev–Trinajstić information content (AvgIpc) is 3.30. The summed E-state index contributed by atoms with van der Waals surface area (Å²) in [5.74, 6) is -0.273. The van der Waals surface area contributed by atoms with Crippen molar-refractivity contribution in [2.45, 2.75) is 53.6 Å². The fourth-order valence-electron chi connectivity index (χ4n) is 3.82. The lowest BCUT2D eigenvalue weighted by atomic mass is 10.2. The van der Waals surface area contributed by atoms with Gasteiger partial charge < -0.3 is 19.9 Å². The molecule has 0 aliphatic carbocycles. The monoisotopic (exact) mass is 493 g/mol. The first-order valence-electron chi connectivity index (χ1n) is 11.4. The van der Waals surface area contributed by atoms with Gasteiger partial charge >= 0.3 is 6.09 Å². The van der Waals surface area contributed by atoms with Gasteiger partial charge in [0.2, 0.25) is 11.8 Å². The van der Waals surface area contributed by atoms with Crippen molar-refractivity contribution in [1.82, 2.24) is 29.4 Å². The summed E-state index contributed by atoms with van der Waals surface area (Å²) < 4.78 is 8.30. The smallest absolute Gasteiger partial charge is 0.409 e. The number of hydrogen-bond donors (Lipinski definition) is 1. The lowest BCUT2D eigenvalue weighted by Gasteiger charge is -2.35. The van der Waals surface area contributed by atoms with Crippen LogP contribution in [0.1, 0.15) is 43.4 Å². The highest BCUT2D eigenvalue weighted by molar-refractivity contribution is 6.31. The Hall–Kier alpha value is -3.08. The number of carbonyl (C=O) groups excluding carboxylic acids is 3. The number of piperazine rings is 1. The van der Waals surface area contributed by atoms with Gasteiger partial charge in [0, 0.05) is 38.8 Å². The average molecular weight is 494 g/mol. The van der Waals surface area contributed by atoms with E-state index >= 15 is 0 Å². The molecule has 3 heterocycles. The molecule has 1 aliphatic rings. The quantitative estimate of drug-likeness (QED) is 0.634. The minimum absolute atomic E-state index is 0.0923. The zero-order valence-electron chi connectivity index (χ0n) is 20.3. The topological polar surface area (TPSA) is 115 Å².